The lowest BCUT2D eigenvalue weighted by Crippen LogP contribution is -2.12. The third kappa shape index (κ3) is 3.18. The summed E-state index contributed by atoms with van der Waals surface area (Å²) in [6.45, 7) is 1.97. The van der Waals surface area contributed by atoms with Crippen LogP contribution in [0.3, 0.4) is 0 Å². The van der Waals surface area contributed by atoms with Crippen molar-refractivity contribution in [1.82, 2.24) is 9.97 Å². The van der Waals surface area contributed by atoms with Gasteiger partial charge < -0.3 is 5.32 Å². The van der Waals surface area contributed by atoms with Crippen LogP contribution in [0.1, 0.15) is 24.4 Å². The number of aromatic nitrogens is 2. The van der Waals surface area contributed by atoms with Gasteiger partial charge in [0.2, 0.25) is 5.82 Å². The Morgan fingerprint density at radius 2 is 2.37 bits per heavy atom. The van der Waals surface area contributed by atoms with Gasteiger partial charge in [0, 0.05) is 23.8 Å². The Kier molecular flexibility index (Phi) is 4.28. The Hall–Kier alpha value is -1.73. The summed E-state index contributed by atoms with van der Waals surface area (Å²) in [5.74, 6) is 0.205. The zero-order chi connectivity index (χ0) is 13.8. The number of nitrogens with one attached hydrogen (secondary N) is 1. The van der Waals surface area contributed by atoms with Crippen LogP contribution < -0.4 is 5.32 Å². The summed E-state index contributed by atoms with van der Waals surface area (Å²) >= 11 is 7.22. The predicted molar refractivity (Wildman–Crippen MR) is 74.7 cm³/mol. The van der Waals surface area contributed by atoms with Gasteiger partial charge in [-0.15, -0.1) is 11.3 Å². The molecule has 0 spiro atoms. The molecule has 0 radical (unpaired) electrons. The van der Waals surface area contributed by atoms with Crippen LogP contribution in [0.25, 0.3) is 0 Å². The van der Waals surface area contributed by atoms with E-state index in [1.165, 1.54) is 23.6 Å². The van der Waals surface area contributed by atoms with Crippen LogP contribution in [-0.2, 0) is 0 Å². The van der Waals surface area contributed by atoms with Crippen LogP contribution >= 0.6 is 22.9 Å². The molecule has 2 aromatic heterocycles. The van der Waals surface area contributed by atoms with E-state index in [9.17, 15) is 10.1 Å². The summed E-state index contributed by atoms with van der Waals surface area (Å²) in [5.41, 5.74) is -0.137. The van der Waals surface area contributed by atoms with Crippen molar-refractivity contribution in [2.24, 2.45) is 0 Å². The molecule has 1 unspecified atom stereocenters. The Morgan fingerprint density at radius 3 is 2.95 bits per heavy atom. The van der Waals surface area contributed by atoms with Crippen molar-refractivity contribution < 1.29 is 4.92 Å². The molecule has 8 heteroatoms. The summed E-state index contributed by atoms with van der Waals surface area (Å²) in [7, 11) is 0. The van der Waals surface area contributed by atoms with Gasteiger partial charge in [0.15, 0.2) is 0 Å². The topological polar surface area (TPSA) is 81.0 Å². The van der Waals surface area contributed by atoms with Crippen molar-refractivity contribution in [3.63, 3.8) is 0 Å². The number of anilines is 1. The number of nitrogens with zero attached hydrogens (tertiary/aromatic N) is 3. The van der Waals surface area contributed by atoms with Crippen molar-refractivity contribution in [3.8, 4) is 0 Å². The van der Waals surface area contributed by atoms with E-state index < -0.39 is 4.92 Å². The van der Waals surface area contributed by atoms with E-state index in [2.05, 4.69) is 15.3 Å². The highest BCUT2D eigenvalue weighted by Crippen LogP contribution is 2.30. The molecule has 0 bridgehead atoms. The summed E-state index contributed by atoms with van der Waals surface area (Å²) < 4.78 is 0. The van der Waals surface area contributed by atoms with Gasteiger partial charge in [0.1, 0.15) is 5.01 Å². The normalized spacial score (nSPS) is 12.1. The van der Waals surface area contributed by atoms with E-state index in [0.717, 1.165) is 11.4 Å². The molecule has 0 aromatic carbocycles. The SMILES string of the molecule is CCC(Nc1ncc(Cl)cc1[N+](=O)[O-])c1nccs1. The summed E-state index contributed by atoms with van der Waals surface area (Å²) in [6, 6.07) is 1.18. The molecule has 1 atom stereocenters. The Bertz CT molecular complexity index is 576. The largest absolute Gasteiger partial charge is 0.355 e. The summed E-state index contributed by atoms with van der Waals surface area (Å²) in [5, 5.41) is 17.0. The number of pyridine rings is 1. The fourth-order valence-corrected chi connectivity index (χ4v) is 2.51. The number of hydrogen-bond acceptors (Lipinski definition) is 6. The molecular weight excluding hydrogens is 288 g/mol. The zero-order valence-electron chi connectivity index (χ0n) is 10.0. The monoisotopic (exact) mass is 298 g/mol. The fraction of sp³-hybridized carbons (Fsp3) is 0.273. The molecule has 1 N–H and O–H groups in total. The lowest BCUT2D eigenvalue weighted by atomic mass is 10.2. The van der Waals surface area contributed by atoms with Gasteiger partial charge in [-0.05, 0) is 6.42 Å². The molecule has 0 fully saturated rings. The van der Waals surface area contributed by atoms with Gasteiger partial charge in [-0.2, -0.15) is 0 Å². The number of rotatable bonds is 5. The minimum Gasteiger partial charge on any atom is -0.355 e. The van der Waals surface area contributed by atoms with Gasteiger partial charge in [-0.3, -0.25) is 10.1 Å². The van der Waals surface area contributed by atoms with E-state index in [1.54, 1.807) is 6.20 Å². The van der Waals surface area contributed by atoms with Gasteiger partial charge in [-0.25, -0.2) is 9.97 Å². The summed E-state index contributed by atoms with van der Waals surface area (Å²) in [4.78, 5) is 18.7. The van der Waals surface area contributed by atoms with E-state index >= 15 is 0 Å². The van der Waals surface area contributed by atoms with Crippen LogP contribution in [0.2, 0.25) is 5.02 Å². The number of thiazole rings is 1. The first-order valence-corrected chi connectivity index (χ1v) is 6.83. The molecule has 0 saturated heterocycles. The van der Waals surface area contributed by atoms with E-state index in [-0.39, 0.29) is 22.6 Å². The van der Waals surface area contributed by atoms with E-state index in [1.807, 2.05) is 12.3 Å². The molecule has 0 aliphatic heterocycles. The minimum absolute atomic E-state index is 0.104. The third-order valence-corrected chi connectivity index (χ3v) is 3.60. The predicted octanol–water partition coefficient (Wildman–Crippen LogP) is 3.66. The maximum Gasteiger partial charge on any atom is 0.312 e. The summed E-state index contributed by atoms with van der Waals surface area (Å²) in [6.07, 6.45) is 3.83. The first kappa shape index (κ1) is 13.7. The highest BCUT2D eigenvalue weighted by atomic mass is 35.5. The first-order chi connectivity index (χ1) is 9.11. The number of halogens is 1. The minimum atomic E-state index is -0.504. The lowest BCUT2D eigenvalue weighted by Gasteiger charge is -2.14. The molecule has 2 aromatic rings. The maximum absolute atomic E-state index is 11.0. The van der Waals surface area contributed by atoms with Gasteiger partial charge in [0.05, 0.1) is 16.0 Å². The second kappa shape index (κ2) is 5.94. The third-order valence-electron chi connectivity index (χ3n) is 2.50. The van der Waals surface area contributed by atoms with Gasteiger partial charge in [-0.1, -0.05) is 18.5 Å². The smallest absolute Gasteiger partial charge is 0.312 e. The van der Waals surface area contributed by atoms with Crippen molar-refractivity contribution in [1.29, 1.82) is 0 Å². The molecule has 100 valence electrons. The average molecular weight is 299 g/mol. The molecule has 0 aliphatic rings. The number of hydrogen-bond donors (Lipinski definition) is 1. The molecular formula is C11H11ClN4O2S. The van der Waals surface area contributed by atoms with Crippen molar-refractivity contribution in [3.05, 3.63) is 44.0 Å². The fourth-order valence-electron chi connectivity index (χ4n) is 1.59. The lowest BCUT2D eigenvalue weighted by molar-refractivity contribution is -0.384. The Balaban J connectivity index is 2.29. The molecule has 6 nitrogen and oxygen atoms in total. The van der Waals surface area contributed by atoms with Crippen LogP contribution in [-0.4, -0.2) is 14.9 Å². The first-order valence-electron chi connectivity index (χ1n) is 5.57. The van der Waals surface area contributed by atoms with Gasteiger partial charge in [0.25, 0.3) is 0 Å². The highest BCUT2D eigenvalue weighted by molar-refractivity contribution is 7.09. The molecule has 2 rings (SSSR count). The molecule has 0 amide bonds. The molecule has 19 heavy (non-hydrogen) atoms. The Morgan fingerprint density at radius 1 is 1.58 bits per heavy atom. The van der Waals surface area contributed by atoms with Crippen molar-refractivity contribution >= 4 is 34.4 Å². The van der Waals surface area contributed by atoms with E-state index in [4.69, 9.17) is 11.6 Å². The highest BCUT2D eigenvalue weighted by Gasteiger charge is 2.20. The zero-order valence-corrected chi connectivity index (χ0v) is 11.6. The van der Waals surface area contributed by atoms with Crippen LogP contribution in [0, 0.1) is 10.1 Å². The molecule has 2 heterocycles. The molecule has 0 aliphatic carbocycles. The quantitative estimate of drug-likeness (QED) is 0.673. The van der Waals surface area contributed by atoms with E-state index in [0.29, 0.717) is 0 Å². The average Bonchev–Trinajstić information content (AvgIpc) is 2.90. The molecule has 0 saturated carbocycles. The van der Waals surface area contributed by atoms with Crippen molar-refractivity contribution in [2.45, 2.75) is 19.4 Å². The Labute approximate surface area is 118 Å². The van der Waals surface area contributed by atoms with Crippen molar-refractivity contribution in [2.75, 3.05) is 5.32 Å². The van der Waals surface area contributed by atoms with Crippen LogP contribution in [0.15, 0.2) is 23.8 Å². The second-order valence-corrected chi connectivity index (χ2v) is 5.12. The standard InChI is InChI=1S/C11H11ClN4O2S/c1-2-8(11-13-3-4-19-11)15-10-9(16(17)18)5-7(12)6-14-10/h3-6,8H,2H2,1H3,(H,14,15). The number of nitro groups is 1. The van der Waals surface area contributed by atoms with Crippen LogP contribution in [0.4, 0.5) is 11.5 Å². The second-order valence-electron chi connectivity index (χ2n) is 3.75. The maximum atomic E-state index is 11.0. The van der Waals surface area contributed by atoms with Crippen LogP contribution in [0.5, 0.6) is 0 Å². The van der Waals surface area contributed by atoms with Gasteiger partial charge >= 0.3 is 5.69 Å².